The number of piperidine rings is 1. The molecule has 0 aromatic carbocycles. The second kappa shape index (κ2) is 7.33. The third-order valence-corrected chi connectivity index (χ3v) is 3.70. The van der Waals surface area contributed by atoms with Crippen LogP contribution in [0.3, 0.4) is 0 Å². The van der Waals surface area contributed by atoms with Crippen molar-refractivity contribution < 1.29 is 14.7 Å². The van der Waals surface area contributed by atoms with E-state index in [1.54, 1.807) is 14.0 Å². The van der Waals surface area contributed by atoms with Crippen LogP contribution in [0.2, 0.25) is 0 Å². The summed E-state index contributed by atoms with van der Waals surface area (Å²) >= 11 is 0. The molecule has 1 atom stereocenters. The lowest BCUT2D eigenvalue weighted by Crippen LogP contribution is -2.43. The minimum atomic E-state index is -0.880. The highest BCUT2D eigenvalue weighted by Gasteiger charge is 2.20. The number of urea groups is 1. The lowest BCUT2D eigenvalue weighted by molar-refractivity contribution is -0.141. The average molecular weight is 271 g/mol. The minimum Gasteiger partial charge on any atom is -0.481 e. The van der Waals surface area contributed by atoms with E-state index in [0.717, 1.165) is 25.9 Å². The van der Waals surface area contributed by atoms with Crippen molar-refractivity contribution in [2.45, 2.75) is 19.8 Å². The molecule has 1 heterocycles. The third kappa shape index (κ3) is 5.46. The quantitative estimate of drug-likeness (QED) is 0.771. The monoisotopic (exact) mass is 271 g/mol. The molecule has 0 aromatic rings. The normalized spacial score (nSPS) is 18.9. The number of hydrogen-bond donors (Lipinski definition) is 2. The fraction of sp³-hybridized carbons (Fsp3) is 0.846. The summed E-state index contributed by atoms with van der Waals surface area (Å²) in [6.07, 6.45) is 2.21. The average Bonchev–Trinajstić information content (AvgIpc) is 2.37. The number of aliphatic carboxylic acids is 1. The fourth-order valence-corrected chi connectivity index (χ4v) is 2.20. The van der Waals surface area contributed by atoms with Gasteiger partial charge in [-0.3, -0.25) is 4.79 Å². The van der Waals surface area contributed by atoms with E-state index in [-0.39, 0.29) is 12.6 Å². The van der Waals surface area contributed by atoms with Crippen LogP contribution in [0.4, 0.5) is 4.79 Å². The molecule has 0 aliphatic carbocycles. The number of carbonyl (C=O) groups excluding carboxylic acids is 1. The van der Waals surface area contributed by atoms with E-state index in [9.17, 15) is 9.59 Å². The summed E-state index contributed by atoms with van der Waals surface area (Å²) in [5.74, 6) is -0.889. The first kappa shape index (κ1) is 15.8. The van der Waals surface area contributed by atoms with Crippen molar-refractivity contribution in [2.75, 3.05) is 40.3 Å². The van der Waals surface area contributed by atoms with E-state index in [1.807, 2.05) is 0 Å². The van der Waals surface area contributed by atoms with Crippen molar-refractivity contribution in [3.05, 3.63) is 0 Å². The van der Waals surface area contributed by atoms with Gasteiger partial charge in [0.05, 0.1) is 5.92 Å². The highest BCUT2D eigenvalue weighted by molar-refractivity contribution is 5.75. The highest BCUT2D eigenvalue weighted by Crippen LogP contribution is 2.14. The Labute approximate surface area is 114 Å². The van der Waals surface area contributed by atoms with E-state index >= 15 is 0 Å². The molecule has 0 spiro atoms. The summed E-state index contributed by atoms with van der Waals surface area (Å²) in [5.41, 5.74) is 0. The zero-order valence-electron chi connectivity index (χ0n) is 12.1. The molecule has 6 heteroatoms. The maximum atomic E-state index is 11.8. The van der Waals surface area contributed by atoms with Crippen molar-refractivity contribution >= 4 is 12.0 Å². The van der Waals surface area contributed by atoms with Gasteiger partial charge >= 0.3 is 12.0 Å². The van der Waals surface area contributed by atoms with Crippen LogP contribution in [-0.4, -0.2) is 67.2 Å². The number of hydrogen-bond acceptors (Lipinski definition) is 3. The van der Waals surface area contributed by atoms with Gasteiger partial charge in [-0.05, 0) is 38.9 Å². The predicted octanol–water partition coefficient (Wildman–Crippen LogP) is 0.690. The number of nitrogens with zero attached hydrogens (tertiary/aromatic N) is 2. The first-order valence-corrected chi connectivity index (χ1v) is 6.80. The molecule has 1 rings (SSSR count). The summed E-state index contributed by atoms with van der Waals surface area (Å²) in [7, 11) is 3.74. The number of nitrogens with one attached hydrogen (secondary N) is 1. The molecule has 6 nitrogen and oxygen atoms in total. The Morgan fingerprint density at radius 1 is 1.42 bits per heavy atom. The predicted molar refractivity (Wildman–Crippen MR) is 73.0 cm³/mol. The van der Waals surface area contributed by atoms with Crippen LogP contribution in [0.15, 0.2) is 0 Å². The molecule has 1 unspecified atom stereocenters. The van der Waals surface area contributed by atoms with Crippen molar-refractivity contribution in [1.29, 1.82) is 0 Å². The van der Waals surface area contributed by atoms with Crippen molar-refractivity contribution in [2.24, 2.45) is 11.8 Å². The lowest BCUT2D eigenvalue weighted by Gasteiger charge is -2.29. The molecular weight excluding hydrogens is 246 g/mol. The number of carbonyl (C=O) groups is 2. The molecule has 1 aliphatic heterocycles. The van der Waals surface area contributed by atoms with Crippen LogP contribution in [0.5, 0.6) is 0 Å². The smallest absolute Gasteiger partial charge is 0.317 e. The van der Waals surface area contributed by atoms with Gasteiger partial charge in [0.25, 0.3) is 0 Å². The van der Waals surface area contributed by atoms with E-state index < -0.39 is 11.9 Å². The molecule has 1 saturated heterocycles. The van der Waals surface area contributed by atoms with Gasteiger partial charge in [-0.25, -0.2) is 4.79 Å². The van der Waals surface area contributed by atoms with Crippen LogP contribution in [0.1, 0.15) is 19.8 Å². The molecule has 1 fully saturated rings. The second-order valence-corrected chi connectivity index (χ2v) is 5.55. The van der Waals surface area contributed by atoms with Gasteiger partial charge in [0.15, 0.2) is 0 Å². The lowest BCUT2D eigenvalue weighted by atomic mass is 9.97. The van der Waals surface area contributed by atoms with E-state index in [1.165, 1.54) is 4.90 Å². The number of amides is 2. The van der Waals surface area contributed by atoms with Gasteiger partial charge in [-0.1, -0.05) is 6.92 Å². The largest absolute Gasteiger partial charge is 0.481 e. The van der Waals surface area contributed by atoms with E-state index in [4.69, 9.17) is 5.11 Å². The Bertz CT molecular complexity index is 314. The number of carboxylic acids is 1. The van der Waals surface area contributed by atoms with Gasteiger partial charge in [0, 0.05) is 20.1 Å². The summed E-state index contributed by atoms with van der Waals surface area (Å²) in [6, 6.07) is -0.188. The fourth-order valence-electron chi connectivity index (χ4n) is 2.20. The zero-order valence-corrected chi connectivity index (χ0v) is 12.1. The number of carboxylic acid groups (broad SMARTS) is 1. The molecule has 0 aromatic heterocycles. The number of rotatable bonds is 5. The van der Waals surface area contributed by atoms with Crippen LogP contribution in [0.25, 0.3) is 0 Å². The van der Waals surface area contributed by atoms with Crippen LogP contribution in [0, 0.1) is 11.8 Å². The molecule has 0 saturated carbocycles. The highest BCUT2D eigenvalue weighted by atomic mass is 16.4. The Hall–Kier alpha value is -1.30. The Kier molecular flexibility index (Phi) is 6.08. The standard InChI is InChI=1S/C13H25N3O3/c1-10(12(17)18)9-16(3)13(19)14-8-11-4-6-15(2)7-5-11/h10-11H,4-9H2,1-3H3,(H,14,19)(H,17,18). The van der Waals surface area contributed by atoms with Gasteiger partial charge in [0.2, 0.25) is 0 Å². The van der Waals surface area contributed by atoms with Gasteiger partial charge in [0.1, 0.15) is 0 Å². The maximum Gasteiger partial charge on any atom is 0.317 e. The molecule has 110 valence electrons. The van der Waals surface area contributed by atoms with E-state index in [2.05, 4.69) is 17.3 Å². The summed E-state index contributed by atoms with van der Waals surface area (Å²) in [4.78, 5) is 26.3. The van der Waals surface area contributed by atoms with Crippen LogP contribution >= 0.6 is 0 Å². The Morgan fingerprint density at radius 2 is 2.00 bits per heavy atom. The first-order valence-electron chi connectivity index (χ1n) is 6.80. The number of likely N-dealkylation sites (tertiary alicyclic amines) is 1. The Morgan fingerprint density at radius 3 is 2.53 bits per heavy atom. The Balaban J connectivity index is 2.25. The summed E-state index contributed by atoms with van der Waals surface area (Å²) < 4.78 is 0. The van der Waals surface area contributed by atoms with Crippen LogP contribution < -0.4 is 5.32 Å². The SMILES string of the molecule is CC(CN(C)C(=O)NCC1CCN(C)CC1)C(=O)O. The molecule has 19 heavy (non-hydrogen) atoms. The van der Waals surface area contributed by atoms with Crippen molar-refractivity contribution in [1.82, 2.24) is 15.1 Å². The molecule has 2 amide bonds. The summed E-state index contributed by atoms with van der Waals surface area (Å²) in [5, 5.41) is 11.7. The third-order valence-electron chi connectivity index (χ3n) is 3.70. The molecule has 1 aliphatic rings. The molecule has 0 radical (unpaired) electrons. The van der Waals surface area contributed by atoms with Crippen LogP contribution in [-0.2, 0) is 4.79 Å². The van der Waals surface area contributed by atoms with E-state index in [0.29, 0.717) is 12.5 Å². The second-order valence-electron chi connectivity index (χ2n) is 5.55. The first-order chi connectivity index (χ1) is 8.90. The van der Waals surface area contributed by atoms with Gasteiger partial charge < -0.3 is 20.2 Å². The minimum absolute atomic E-state index is 0.188. The molecular formula is C13H25N3O3. The summed E-state index contributed by atoms with van der Waals surface area (Å²) in [6.45, 7) is 4.66. The van der Waals surface area contributed by atoms with Gasteiger partial charge in [-0.15, -0.1) is 0 Å². The van der Waals surface area contributed by atoms with Gasteiger partial charge in [-0.2, -0.15) is 0 Å². The van der Waals surface area contributed by atoms with Crippen molar-refractivity contribution in [3.63, 3.8) is 0 Å². The maximum absolute atomic E-state index is 11.8. The van der Waals surface area contributed by atoms with Crippen molar-refractivity contribution in [3.8, 4) is 0 Å². The molecule has 0 bridgehead atoms. The topological polar surface area (TPSA) is 72.9 Å². The zero-order chi connectivity index (χ0) is 14.4. The molecule has 2 N–H and O–H groups in total.